The van der Waals surface area contributed by atoms with Crippen LogP contribution in [-0.4, -0.2) is 17.4 Å². The number of carboxylic acid groups (broad SMARTS) is 1. The molecule has 0 rings (SSSR count). The van der Waals surface area contributed by atoms with Gasteiger partial charge < -0.3 is 9.84 Å². The SMILES string of the molecule is CCCCCCCCCCCCC(CCCCCCCC)OC(=O)O. The van der Waals surface area contributed by atoms with Crippen LogP contribution in [0.3, 0.4) is 0 Å². The summed E-state index contributed by atoms with van der Waals surface area (Å²) in [5, 5.41) is 8.90. The van der Waals surface area contributed by atoms with Crippen molar-refractivity contribution in [1.82, 2.24) is 0 Å². The van der Waals surface area contributed by atoms with E-state index in [0.29, 0.717) is 0 Å². The molecule has 0 aliphatic carbocycles. The molecule has 0 saturated carbocycles. The number of rotatable bonds is 19. The van der Waals surface area contributed by atoms with Gasteiger partial charge in [-0.3, -0.25) is 0 Å². The molecule has 3 heteroatoms. The Morgan fingerprint density at radius 1 is 0.640 bits per heavy atom. The topological polar surface area (TPSA) is 46.5 Å². The van der Waals surface area contributed by atoms with Gasteiger partial charge in [-0.1, -0.05) is 104 Å². The van der Waals surface area contributed by atoms with Gasteiger partial charge in [0.1, 0.15) is 6.10 Å². The minimum absolute atomic E-state index is 0.0854. The van der Waals surface area contributed by atoms with Crippen LogP contribution < -0.4 is 0 Å². The van der Waals surface area contributed by atoms with E-state index in [2.05, 4.69) is 13.8 Å². The Balaban J connectivity index is 3.56. The number of carbonyl (C=O) groups is 1. The fourth-order valence-electron chi connectivity index (χ4n) is 3.42. The maximum atomic E-state index is 10.8. The van der Waals surface area contributed by atoms with Crippen molar-refractivity contribution in [1.29, 1.82) is 0 Å². The van der Waals surface area contributed by atoms with E-state index >= 15 is 0 Å². The molecule has 0 aromatic carbocycles. The van der Waals surface area contributed by atoms with Crippen molar-refractivity contribution in [2.24, 2.45) is 0 Å². The third-order valence-electron chi connectivity index (χ3n) is 5.03. The van der Waals surface area contributed by atoms with E-state index in [1.165, 1.54) is 89.9 Å². The van der Waals surface area contributed by atoms with Crippen LogP contribution in [0.5, 0.6) is 0 Å². The summed E-state index contributed by atoms with van der Waals surface area (Å²) in [6, 6.07) is 0. The molecule has 0 saturated heterocycles. The van der Waals surface area contributed by atoms with E-state index in [4.69, 9.17) is 9.84 Å². The molecule has 0 radical (unpaired) electrons. The maximum absolute atomic E-state index is 10.8. The van der Waals surface area contributed by atoms with Gasteiger partial charge in [0, 0.05) is 0 Å². The zero-order chi connectivity index (χ0) is 18.6. The first-order valence-corrected chi connectivity index (χ1v) is 11.1. The summed E-state index contributed by atoms with van der Waals surface area (Å²) in [6.07, 6.45) is 21.2. The maximum Gasteiger partial charge on any atom is 0.506 e. The second kappa shape index (κ2) is 19.6. The summed E-state index contributed by atoms with van der Waals surface area (Å²) < 4.78 is 5.08. The summed E-state index contributed by atoms with van der Waals surface area (Å²) in [5.74, 6) is 0. The summed E-state index contributed by atoms with van der Waals surface area (Å²) in [7, 11) is 0. The molecular weight excluding hydrogens is 312 g/mol. The molecule has 1 N–H and O–H groups in total. The lowest BCUT2D eigenvalue weighted by atomic mass is 10.0. The highest BCUT2D eigenvalue weighted by molar-refractivity contribution is 5.57. The van der Waals surface area contributed by atoms with Crippen LogP contribution >= 0.6 is 0 Å². The molecule has 25 heavy (non-hydrogen) atoms. The molecule has 0 spiro atoms. The lowest BCUT2D eigenvalue weighted by Crippen LogP contribution is -2.16. The third-order valence-corrected chi connectivity index (χ3v) is 5.03. The quantitative estimate of drug-likeness (QED) is 0.188. The molecule has 150 valence electrons. The van der Waals surface area contributed by atoms with E-state index in [9.17, 15) is 4.79 Å². The van der Waals surface area contributed by atoms with Crippen LogP contribution in [0.15, 0.2) is 0 Å². The lowest BCUT2D eigenvalue weighted by molar-refractivity contribution is 0.0422. The molecule has 0 aromatic rings. The van der Waals surface area contributed by atoms with E-state index in [0.717, 1.165) is 25.7 Å². The van der Waals surface area contributed by atoms with Crippen LogP contribution in [0, 0.1) is 0 Å². The van der Waals surface area contributed by atoms with Crippen molar-refractivity contribution in [3.63, 3.8) is 0 Å². The van der Waals surface area contributed by atoms with Crippen LogP contribution in [0.2, 0.25) is 0 Å². The highest BCUT2D eigenvalue weighted by atomic mass is 16.7. The Morgan fingerprint density at radius 2 is 0.960 bits per heavy atom. The molecule has 1 atom stereocenters. The van der Waals surface area contributed by atoms with E-state index in [1.54, 1.807) is 0 Å². The predicted octanol–water partition coefficient (Wildman–Crippen LogP) is 8.11. The smallest absolute Gasteiger partial charge is 0.450 e. The molecular formula is C22H44O3. The normalized spacial score (nSPS) is 12.2. The number of hydrogen-bond donors (Lipinski definition) is 1. The van der Waals surface area contributed by atoms with Crippen LogP contribution in [0.1, 0.15) is 129 Å². The monoisotopic (exact) mass is 356 g/mol. The average Bonchev–Trinajstić information content (AvgIpc) is 2.58. The van der Waals surface area contributed by atoms with Crippen LogP contribution in [0.4, 0.5) is 4.79 Å². The molecule has 3 nitrogen and oxygen atoms in total. The number of unbranched alkanes of at least 4 members (excludes halogenated alkanes) is 14. The summed E-state index contributed by atoms with van der Waals surface area (Å²) in [5.41, 5.74) is 0. The van der Waals surface area contributed by atoms with Gasteiger partial charge in [-0.25, -0.2) is 4.79 Å². The molecule has 0 aliphatic rings. The van der Waals surface area contributed by atoms with E-state index in [-0.39, 0.29) is 6.10 Å². The van der Waals surface area contributed by atoms with Crippen molar-refractivity contribution >= 4 is 6.16 Å². The predicted molar refractivity (Wildman–Crippen MR) is 107 cm³/mol. The highest BCUT2D eigenvalue weighted by Crippen LogP contribution is 2.17. The summed E-state index contributed by atoms with van der Waals surface area (Å²) in [6.45, 7) is 4.48. The van der Waals surface area contributed by atoms with Crippen molar-refractivity contribution in [2.45, 2.75) is 136 Å². The van der Waals surface area contributed by atoms with Crippen LogP contribution in [0.25, 0.3) is 0 Å². The van der Waals surface area contributed by atoms with Crippen molar-refractivity contribution in [3.8, 4) is 0 Å². The fraction of sp³-hybridized carbons (Fsp3) is 0.955. The molecule has 0 aromatic heterocycles. The number of hydrogen-bond acceptors (Lipinski definition) is 2. The van der Waals surface area contributed by atoms with E-state index < -0.39 is 6.16 Å². The molecule has 0 aliphatic heterocycles. The van der Waals surface area contributed by atoms with Gasteiger partial charge in [-0.15, -0.1) is 0 Å². The van der Waals surface area contributed by atoms with Gasteiger partial charge >= 0.3 is 6.16 Å². The first-order valence-electron chi connectivity index (χ1n) is 11.1. The second-order valence-corrected chi connectivity index (χ2v) is 7.53. The lowest BCUT2D eigenvalue weighted by Gasteiger charge is -2.15. The standard InChI is InChI=1S/C22H44O3/c1-3-5-7-9-11-12-13-14-16-18-20-21(25-22(23)24)19-17-15-10-8-6-4-2/h21H,3-20H2,1-2H3,(H,23,24). The highest BCUT2D eigenvalue weighted by Gasteiger charge is 2.13. The third kappa shape index (κ3) is 19.4. The van der Waals surface area contributed by atoms with Crippen molar-refractivity contribution < 1.29 is 14.6 Å². The molecule has 0 fully saturated rings. The van der Waals surface area contributed by atoms with Crippen molar-refractivity contribution in [3.05, 3.63) is 0 Å². The Kier molecular flexibility index (Phi) is 19.0. The summed E-state index contributed by atoms with van der Waals surface area (Å²) >= 11 is 0. The van der Waals surface area contributed by atoms with Gasteiger partial charge in [-0.05, 0) is 25.7 Å². The summed E-state index contributed by atoms with van der Waals surface area (Å²) in [4.78, 5) is 10.8. The van der Waals surface area contributed by atoms with Gasteiger partial charge in [0.05, 0.1) is 0 Å². The van der Waals surface area contributed by atoms with Crippen molar-refractivity contribution in [2.75, 3.05) is 0 Å². The minimum atomic E-state index is -1.11. The molecule has 1 unspecified atom stereocenters. The number of ether oxygens (including phenoxy) is 1. The molecule has 0 amide bonds. The Labute approximate surface area is 156 Å². The Hall–Kier alpha value is -0.730. The Bertz CT molecular complexity index is 278. The Morgan fingerprint density at radius 3 is 1.28 bits per heavy atom. The van der Waals surface area contributed by atoms with E-state index in [1.807, 2.05) is 0 Å². The zero-order valence-electron chi connectivity index (χ0n) is 17.1. The molecule has 0 heterocycles. The first-order chi connectivity index (χ1) is 12.2. The minimum Gasteiger partial charge on any atom is -0.450 e. The van der Waals surface area contributed by atoms with Crippen LogP contribution in [-0.2, 0) is 4.74 Å². The van der Waals surface area contributed by atoms with Gasteiger partial charge in [-0.2, -0.15) is 0 Å². The first kappa shape index (κ1) is 24.3. The zero-order valence-corrected chi connectivity index (χ0v) is 17.1. The average molecular weight is 357 g/mol. The molecule has 0 bridgehead atoms. The largest absolute Gasteiger partial charge is 0.506 e. The van der Waals surface area contributed by atoms with Gasteiger partial charge in [0.15, 0.2) is 0 Å². The van der Waals surface area contributed by atoms with Gasteiger partial charge in [0.2, 0.25) is 0 Å². The van der Waals surface area contributed by atoms with Gasteiger partial charge in [0.25, 0.3) is 0 Å². The fourth-order valence-corrected chi connectivity index (χ4v) is 3.42. The second-order valence-electron chi connectivity index (χ2n) is 7.53.